The first-order valence-electron chi connectivity index (χ1n) is 11.0. The molecule has 0 spiro atoms. The second-order valence-corrected chi connectivity index (χ2v) is 8.76. The SMILES string of the molecule is C=CCn1c(SCC(=O)Nc2ccc(C)c(C)c2)nnc1[C@@H](CO)NC(=O)c1ccc(OC)cc1. The number of methoxy groups -OCH3 is 1. The zero-order valence-corrected chi connectivity index (χ0v) is 20.8. The number of ether oxygens (including phenoxy) is 1. The van der Waals surface area contributed by atoms with Crippen LogP contribution in [0.3, 0.4) is 0 Å². The summed E-state index contributed by atoms with van der Waals surface area (Å²) >= 11 is 1.21. The molecule has 1 atom stereocenters. The van der Waals surface area contributed by atoms with Gasteiger partial charge in [-0.05, 0) is 61.4 Å². The highest BCUT2D eigenvalue weighted by atomic mass is 32.2. The fourth-order valence-electron chi connectivity index (χ4n) is 3.29. The van der Waals surface area contributed by atoms with E-state index in [4.69, 9.17) is 4.74 Å². The van der Waals surface area contributed by atoms with E-state index >= 15 is 0 Å². The zero-order chi connectivity index (χ0) is 25.4. The van der Waals surface area contributed by atoms with Crippen LogP contribution < -0.4 is 15.4 Å². The molecule has 3 N–H and O–H groups in total. The minimum absolute atomic E-state index is 0.115. The van der Waals surface area contributed by atoms with Gasteiger partial charge in [-0.3, -0.25) is 9.59 Å². The fraction of sp³-hybridized carbons (Fsp3) is 0.280. The van der Waals surface area contributed by atoms with Gasteiger partial charge in [0.25, 0.3) is 5.91 Å². The van der Waals surface area contributed by atoms with Crippen molar-refractivity contribution < 1.29 is 19.4 Å². The summed E-state index contributed by atoms with van der Waals surface area (Å²) in [6.07, 6.45) is 1.66. The molecule has 1 heterocycles. The largest absolute Gasteiger partial charge is 0.497 e. The lowest BCUT2D eigenvalue weighted by Crippen LogP contribution is -2.33. The third-order valence-electron chi connectivity index (χ3n) is 5.33. The van der Waals surface area contributed by atoms with Crippen molar-refractivity contribution in [2.75, 3.05) is 24.8 Å². The molecule has 3 aromatic rings. The van der Waals surface area contributed by atoms with Crippen molar-refractivity contribution in [2.24, 2.45) is 0 Å². The molecule has 0 bridgehead atoms. The summed E-state index contributed by atoms with van der Waals surface area (Å²) in [4.78, 5) is 25.2. The molecular formula is C25H29N5O4S. The Morgan fingerprint density at radius 1 is 1.17 bits per heavy atom. The number of thioether (sulfide) groups is 1. The van der Waals surface area contributed by atoms with E-state index in [1.54, 1.807) is 42.0 Å². The van der Waals surface area contributed by atoms with Crippen molar-refractivity contribution >= 4 is 29.3 Å². The molecule has 1 aromatic heterocycles. The number of aliphatic hydroxyl groups is 1. The van der Waals surface area contributed by atoms with Gasteiger partial charge in [-0.25, -0.2) is 0 Å². The maximum absolute atomic E-state index is 12.7. The van der Waals surface area contributed by atoms with Gasteiger partial charge in [-0.1, -0.05) is 23.9 Å². The highest BCUT2D eigenvalue weighted by Gasteiger charge is 2.23. The molecule has 184 valence electrons. The minimum Gasteiger partial charge on any atom is -0.497 e. The number of carbonyl (C=O) groups is 2. The first-order chi connectivity index (χ1) is 16.9. The fourth-order valence-corrected chi connectivity index (χ4v) is 4.04. The Morgan fingerprint density at radius 3 is 2.54 bits per heavy atom. The van der Waals surface area contributed by atoms with Crippen LogP contribution in [0.25, 0.3) is 0 Å². The zero-order valence-electron chi connectivity index (χ0n) is 19.9. The summed E-state index contributed by atoms with van der Waals surface area (Å²) in [6.45, 7) is 7.74. The van der Waals surface area contributed by atoms with Gasteiger partial charge in [0.05, 0.1) is 19.5 Å². The second-order valence-electron chi connectivity index (χ2n) is 7.81. The van der Waals surface area contributed by atoms with E-state index in [9.17, 15) is 14.7 Å². The number of carbonyl (C=O) groups excluding carboxylic acids is 2. The molecular weight excluding hydrogens is 466 g/mol. The number of hydrogen-bond donors (Lipinski definition) is 3. The maximum Gasteiger partial charge on any atom is 0.251 e. The van der Waals surface area contributed by atoms with Gasteiger partial charge in [0, 0.05) is 17.8 Å². The van der Waals surface area contributed by atoms with E-state index in [0.717, 1.165) is 16.8 Å². The van der Waals surface area contributed by atoms with Gasteiger partial charge in [-0.15, -0.1) is 16.8 Å². The average molecular weight is 496 g/mol. The monoisotopic (exact) mass is 495 g/mol. The third kappa shape index (κ3) is 6.71. The maximum atomic E-state index is 12.7. The molecule has 2 aromatic carbocycles. The molecule has 0 aliphatic rings. The van der Waals surface area contributed by atoms with Crippen LogP contribution in [0.15, 0.2) is 60.3 Å². The first-order valence-corrected chi connectivity index (χ1v) is 11.9. The second kappa shape index (κ2) is 12.2. The van der Waals surface area contributed by atoms with Gasteiger partial charge in [-0.2, -0.15) is 0 Å². The van der Waals surface area contributed by atoms with Gasteiger partial charge in [0.15, 0.2) is 11.0 Å². The Bertz CT molecular complexity index is 1190. The van der Waals surface area contributed by atoms with Crippen LogP contribution in [0.1, 0.15) is 33.4 Å². The van der Waals surface area contributed by atoms with Crippen molar-refractivity contribution in [3.05, 3.63) is 77.6 Å². The van der Waals surface area contributed by atoms with Crippen LogP contribution in [-0.4, -0.2) is 51.2 Å². The topological polar surface area (TPSA) is 118 Å². The van der Waals surface area contributed by atoms with Crippen LogP contribution in [0.4, 0.5) is 5.69 Å². The van der Waals surface area contributed by atoms with Crippen LogP contribution in [-0.2, 0) is 11.3 Å². The van der Waals surface area contributed by atoms with E-state index < -0.39 is 6.04 Å². The lowest BCUT2D eigenvalue weighted by atomic mass is 10.1. The Balaban J connectivity index is 1.69. The number of amides is 2. The van der Waals surface area contributed by atoms with E-state index in [2.05, 4.69) is 27.4 Å². The number of nitrogens with one attached hydrogen (secondary N) is 2. The number of benzene rings is 2. The molecule has 0 radical (unpaired) electrons. The van der Waals surface area contributed by atoms with Gasteiger partial charge in [0.1, 0.15) is 11.8 Å². The third-order valence-corrected chi connectivity index (χ3v) is 6.30. The standard InChI is InChI=1S/C25H29N5O4S/c1-5-12-30-23(21(14-31)27-24(33)18-7-10-20(34-4)11-8-18)28-29-25(30)35-15-22(32)26-19-9-6-16(2)17(3)13-19/h5-11,13,21,31H,1,12,14-15H2,2-4H3,(H,26,32)(H,27,33)/t21-/m1/s1. The number of nitrogens with zero attached hydrogens (tertiary/aromatic N) is 3. The average Bonchev–Trinajstić information content (AvgIpc) is 3.26. The number of allylic oxidation sites excluding steroid dienone is 1. The number of aliphatic hydroxyl groups excluding tert-OH is 1. The summed E-state index contributed by atoms with van der Waals surface area (Å²) in [5.74, 6) is 0.561. The Hall–Kier alpha value is -3.63. The van der Waals surface area contributed by atoms with Gasteiger partial charge in [0.2, 0.25) is 5.91 Å². The van der Waals surface area contributed by atoms with Crippen LogP contribution in [0, 0.1) is 13.8 Å². The van der Waals surface area contributed by atoms with Crippen LogP contribution in [0.2, 0.25) is 0 Å². The number of anilines is 1. The Labute approximate surface area is 208 Å². The first kappa shape index (κ1) is 26.0. The summed E-state index contributed by atoms with van der Waals surface area (Å²) in [6, 6.07) is 11.6. The van der Waals surface area contributed by atoms with Crippen molar-refractivity contribution in [3.63, 3.8) is 0 Å². The summed E-state index contributed by atoms with van der Waals surface area (Å²) < 4.78 is 6.83. The predicted octanol–water partition coefficient (Wildman–Crippen LogP) is 3.28. The molecule has 35 heavy (non-hydrogen) atoms. The van der Waals surface area contributed by atoms with Crippen molar-refractivity contribution in [1.82, 2.24) is 20.1 Å². The number of aromatic nitrogens is 3. The van der Waals surface area contributed by atoms with Crippen LogP contribution >= 0.6 is 11.8 Å². The highest BCUT2D eigenvalue weighted by molar-refractivity contribution is 7.99. The molecule has 0 aliphatic carbocycles. The predicted molar refractivity (Wildman–Crippen MR) is 136 cm³/mol. The van der Waals surface area contributed by atoms with E-state index in [1.807, 2.05) is 32.0 Å². The van der Waals surface area contributed by atoms with Crippen molar-refractivity contribution in [3.8, 4) is 5.75 Å². The molecule has 0 aliphatic heterocycles. The van der Waals surface area contributed by atoms with Crippen LogP contribution in [0.5, 0.6) is 5.75 Å². The van der Waals surface area contributed by atoms with E-state index in [1.165, 1.54) is 11.8 Å². The van der Waals surface area contributed by atoms with Crippen molar-refractivity contribution in [1.29, 1.82) is 0 Å². The molecule has 0 unspecified atom stereocenters. The molecule has 0 saturated heterocycles. The quantitative estimate of drug-likeness (QED) is 0.276. The molecule has 2 amide bonds. The summed E-state index contributed by atoms with van der Waals surface area (Å²) in [5.41, 5.74) is 3.39. The molecule has 0 saturated carbocycles. The van der Waals surface area contributed by atoms with Crippen molar-refractivity contribution in [2.45, 2.75) is 31.6 Å². The normalized spacial score (nSPS) is 11.5. The number of aryl methyl sites for hydroxylation is 2. The minimum atomic E-state index is -0.796. The Morgan fingerprint density at radius 2 is 1.91 bits per heavy atom. The number of rotatable bonds is 11. The number of hydrogen-bond acceptors (Lipinski definition) is 7. The molecule has 9 nitrogen and oxygen atoms in total. The lowest BCUT2D eigenvalue weighted by molar-refractivity contribution is -0.113. The van der Waals surface area contributed by atoms with E-state index in [0.29, 0.717) is 28.8 Å². The molecule has 0 fully saturated rings. The molecule has 10 heteroatoms. The summed E-state index contributed by atoms with van der Waals surface area (Å²) in [5, 5.41) is 24.5. The lowest BCUT2D eigenvalue weighted by Gasteiger charge is -2.17. The van der Waals surface area contributed by atoms with E-state index in [-0.39, 0.29) is 24.2 Å². The Kier molecular flexibility index (Phi) is 9.04. The molecule has 3 rings (SSSR count). The highest BCUT2D eigenvalue weighted by Crippen LogP contribution is 2.22. The van der Waals surface area contributed by atoms with Gasteiger partial charge < -0.3 is 25.0 Å². The smallest absolute Gasteiger partial charge is 0.251 e. The summed E-state index contributed by atoms with van der Waals surface area (Å²) in [7, 11) is 1.55. The van der Waals surface area contributed by atoms with Gasteiger partial charge >= 0.3 is 0 Å².